The van der Waals surface area contributed by atoms with Crippen LogP contribution in [0.4, 0.5) is 0 Å². The molecule has 0 saturated carbocycles. The average molecular weight is 453 g/mol. The Bertz CT molecular complexity index is 990. The minimum absolute atomic E-state index is 0.0518. The van der Waals surface area contributed by atoms with Crippen LogP contribution in [-0.2, 0) is 27.2 Å². The van der Waals surface area contributed by atoms with Gasteiger partial charge in [0, 0.05) is 0 Å². The molecule has 8 heteroatoms. The van der Waals surface area contributed by atoms with E-state index in [-0.39, 0.29) is 36.6 Å². The largest absolute Gasteiger partial charge is 0.508 e. The third kappa shape index (κ3) is 6.55. The maximum Gasteiger partial charge on any atom is 0.243 e. The fourth-order valence-electron chi connectivity index (χ4n) is 4.00. The van der Waals surface area contributed by atoms with E-state index in [4.69, 9.17) is 5.73 Å². The van der Waals surface area contributed by atoms with Crippen molar-refractivity contribution in [2.75, 3.05) is 6.54 Å². The maximum absolute atomic E-state index is 12.7. The molecule has 0 radical (unpaired) electrons. The van der Waals surface area contributed by atoms with Gasteiger partial charge in [0.25, 0.3) is 0 Å². The van der Waals surface area contributed by atoms with Gasteiger partial charge in [0.05, 0.1) is 18.6 Å². The van der Waals surface area contributed by atoms with Crippen LogP contribution in [0.2, 0.25) is 0 Å². The Labute approximate surface area is 193 Å². The zero-order valence-corrected chi connectivity index (χ0v) is 19.0. The van der Waals surface area contributed by atoms with Gasteiger partial charge in [0.15, 0.2) is 0 Å². The summed E-state index contributed by atoms with van der Waals surface area (Å²) in [4.78, 5) is 37.7. The van der Waals surface area contributed by atoms with E-state index in [2.05, 4.69) is 22.0 Å². The van der Waals surface area contributed by atoms with E-state index in [1.54, 1.807) is 12.1 Å². The first kappa shape index (κ1) is 24.3. The Kier molecular flexibility index (Phi) is 8.06. The van der Waals surface area contributed by atoms with Crippen molar-refractivity contribution in [1.29, 1.82) is 0 Å². The number of carbonyl (C=O) groups is 3. The highest BCUT2D eigenvalue weighted by Crippen LogP contribution is 2.30. The van der Waals surface area contributed by atoms with E-state index in [9.17, 15) is 19.5 Å². The van der Waals surface area contributed by atoms with E-state index in [1.807, 2.05) is 32.0 Å². The van der Waals surface area contributed by atoms with Crippen molar-refractivity contribution < 1.29 is 19.5 Å². The number of nitrogens with one attached hydrogen (secondary N) is 3. The van der Waals surface area contributed by atoms with Crippen molar-refractivity contribution in [2.45, 2.75) is 51.2 Å². The van der Waals surface area contributed by atoms with Crippen molar-refractivity contribution in [3.8, 4) is 5.75 Å². The summed E-state index contributed by atoms with van der Waals surface area (Å²) < 4.78 is 0. The lowest BCUT2D eigenvalue weighted by Crippen LogP contribution is -2.55. The molecule has 176 valence electrons. The van der Waals surface area contributed by atoms with Gasteiger partial charge in [0.2, 0.25) is 17.7 Å². The summed E-state index contributed by atoms with van der Waals surface area (Å²) in [7, 11) is 0. The van der Waals surface area contributed by atoms with Crippen LogP contribution in [0.5, 0.6) is 5.75 Å². The predicted octanol–water partition coefficient (Wildman–Crippen LogP) is 1.32. The zero-order valence-electron chi connectivity index (χ0n) is 19.0. The molecule has 3 atom stereocenters. The minimum atomic E-state index is -0.852. The molecule has 0 fully saturated rings. The van der Waals surface area contributed by atoms with Crippen molar-refractivity contribution in [2.24, 2.45) is 11.7 Å². The van der Waals surface area contributed by atoms with Crippen LogP contribution in [0.25, 0.3) is 0 Å². The Balaban J connectivity index is 1.49. The number of hydrogen-bond donors (Lipinski definition) is 5. The van der Waals surface area contributed by atoms with Crippen molar-refractivity contribution >= 4 is 17.7 Å². The van der Waals surface area contributed by atoms with Gasteiger partial charge in [-0.05, 0) is 54.0 Å². The molecular formula is C25H32N4O4. The molecule has 0 saturated heterocycles. The molecule has 8 nitrogen and oxygen atoms in total. The van der Waals surface area contributed by atoms with E-state index >= 15 is 0 Å². The molecule has 1 aliphatic carbocycles. The predicted molar refractivity (Wildman–Crippen MR) is 125 cm³/mol. The molecule has 1 aliphatic rings. The average Bonchev–Trinajstić information content (AvgIpc) is 3.19. The standard InChI is InChI=1S/C25H32N4O4/c1-15(2)23(29-24(32)20(26)13-16-7-10-18(30)11-8-16)25(33)27-14-22(31)28-21-12-9-17-5-3-4-6-19(17)21/h3-8,10-11,15,20-21,23,30H,9,12-14,26H2,1-2H3,(H,27,33)(H,28,31)(H,29,32)/t20-,21?,23-/m0/s1. The number of rotatable bonds is 9. The Morgan fingerprint density at radius 2 is 1.76 bits per heavy atom. The highest BCUT2D eigenvalue weighted by Gasteiger charge is 2.28. The number of nitrogens with two attached hydrogens (primary N) is 1. The number of hydrogen-bond acceptors (Lipinski definition) is 5. The first-order chi connectivity index (χ1) is 15.7. The normalized spacial score (nSPS) is 16.5. The van der Waals surface area contributed by atoms with Gasteiger partial charge in [-0.25, -0.2) is 0 Å². The first-order valence-corrected chi connectivity index (χ1v) is 11.2. The molecule has 0 heterocycles. The summed E-state index contributed by atoms with van der Waals surface area (Å²) >= 11 is 0. The molecule has 3 rings (SSSR count). The number of aromatic hydroxyl groups is 1. The second kappa shape index (κ2) is 11.0. The summed E-state index contributed by atoms with van der Waals surface area (Å²) in [5.74, 6) is -1.22. The maximum atomic E-state index is 12.7. The van der Waals surface area contributed by atoms with Gasteiger partial charge in [-0.3, -0.25) is 14.4 Å². The smallest absolute Gasteiger partial charge is 0.243 e. The summed E-state index contributed by atoms with van der Waals surface area (Å²) in [6, 6.07) is 12.7. The Hall–Kier alpha value is -3.39. The lowest BCUT2D eigenvalue weighted by molar-refractivity contribution is -0.131. The molecule has 0 bridgehead atoms. The number of benzene rings is 2. The third-order valence-electron chi connectivity index (χ3n) is 5.87. The van der Waals surface area contributed by atoms with Crippen LogP contribution in [-0.4, -0.2) is 41.5 Å². The number of amides is 3. The number of fused-ring (bicyclic) bond motifs is 1. The number of aryl methyl sites for hydroxylation is 1. The molecule has 3 amide bonds. The second-order valence-corrected chi connectivity index (χ2v) is 8.78. The van der Waals surface area contributed by atoms with Crippen LogP contribution < -0.4 is 21.7 Å². The van der Waals surface area contributed by atoms with E-state index in [0.717, 1.165) is 24.0 Å². The lowest BCUT2D eigenvalue weighted by atomic mass is 10.0. The molecule has 0 spiro atoms. The van der Waals surface area contributed by atoms with E-state index in [1.165, 1.54) is 17.7 Å². The highest BCUT2D eigenvalue weighted by atomic mass is 16.3. The fraction of sp³-hybridized carbons (Fsp3) is 0.400. The van der Waals surface area contributed by atoms with Crippen molar-refractivity contribution in [1.82, 2.24) is 16.0 Å². The number of phenols is 1. The SMILES string of the molecule is CC(C)[C@H](NC(=O)[C@@H](N)Cc1ccc(O)cc1)C(=O)NCC(=O)NC1CCc2ccccc21. The first-order valence-electron chi connectivity index (χ1n) is 11.2. The zero-order chi connectivity index (χ0) is 24.0. The molecule has 0 aromatic heterocycles. The topological polar surface area (TPSA) is 134 Å². The van der Waals surface area contributed by atoms with Gasteiger partial charge in [-0.1, -0.05) is 50.2 Å². The van der Waals surface area contributed by atoms with Crippen LogP contribution in [0.15, 0.2) is 48.5 Å². The van der Waals surface area contributed by atoms with Gasteiger partial charge >= 0.3 is 0 Å². The van der Waals surface area contributed by atoms with Gasteiger partial charge in [0.1, 0.15) is 11.8 Å². The molecule has 2 aromatic carbocycles. The van der Waals surface area contributed by atoms with Crippen molar-refractivity contribution in [3.05, 3.63) is 65.2 Å². The van der Waals surface area contributed by atoms with E-state index in [0.29, 0.717) is 0 Å². The highest BCUT2D eigenvalue weighted by molar-refractivity contribution is 5.92. The van der Waals surface area contributed by atoms with Crippen LogP contribution in [0, 0.1) is 5.92 Å². The molecular weight excluding hydrogens is 420 g/mol. The molecule has 0 aliphatic heterocycles. The van der Waals surface area contributed by atoms with Crippen LogP contribution >= 0.6 is 0 Å². The fourth-order valence-corrected chi connectivity index (χ4v) is 4.00. The summed E-state index contributed by atoms with van der Waals surface area (Å²) in [5.41, 5.74) is 9.17. The van der Waals surface area contributed by atoms with Crippen LogP contribution in [0.1, 0.15) is 43.0 Å². The number of phenolic OH excluding ortho intramolecular Hbond substituents is 1. The van der Waals surface area contributed by atoms with Gasteiger partial charge < -0.3 is 26.8 Å². The van der Waals surface area contributed by atoms with Crippen molar-refractivity contribution in [3.63, 3.8) is 0 Å². The summed E-state index contributed by atoms with van der Waals surface area (Å²) in [5, 5.41) is 17.7. The third-order valence-corrected chi connectivity index (χ3v) is 5.87. The van der Waals surface area contributed by atoms with Gasteiger partial charge in [-0.2, -0.15) is 0 Å². The molecule has 1 unspecified atom stereocenters. The quantitative estimate of drug-likeness (QED) is 0.391. The monoisotopic (exact) mass is 452 g/mol. The Morgan fingerprint density at radius 1 is 1.06 bits per heavy atom. The Morgan fingerprint density at radius 3 is 2.45 bits per heavy atom. The van der Waals surface area contributed by atoms with Gasteiger partial charge in [-0.15, -0.1) is 0 Å². The number of carbonyl (C=O) groups excluding carboxylic acids is 3. The van der Waals surface area contributed by atoms with Crippen LogP contribution in [0.3, 0.4) is 0 Å². The second-order valence-electron chi connectivity index (χ2n) is 8.78. The lowest BCUT2D eigenvalue weighted by Gasteiger charge is -2.23. The molecule has 2 aromatic rings. The summed E-state index contributed by atoms with van der Waals surface area (Å²) in [6.07, 6.45) is 2.02. The minimum Gasteiger partial charge on any atom is -0.508 e. The molecule has 33 heavy (non-hydrogen) atoms. The summed E-state index contributed by atoms with van der Waals surface area (Å²) in [6.45, 7) is 3.45. The molecule has 6 N–H and O–H groups in total. The van der Waals surface area contributed by atoms with E-state index < -0.39 is 23.9 Å².